The number of aliphatic carboxylic acids is 1. The first-order chi connectivity index (χ1) is 8.93. The summed E-state index contributed by atoms with van der Waals surface area (Å²) in [4.78, 5) is 23.2. The molecule has 1 aromatic rings. The van der Waals surface area contributed by atoms with E-state index in [0.29, 0.717) is 0 Å². The highest BCUT2D eigenvalue weighted by Crippen LogP contribution is 2.23. The predicted molar refractivity (Wildman–Crippen MR) is 73.3 cm³/mol. The van der Waals surface area contributed by atoms with Crippen LogP contribution in [-0.2, 0) is 9.59 Å². The number of carboxylic acids is 1. The van der Waals surface area contributed by atoms with Crippen LogP contribution in [0.25, 0.3) is 0 Å². The zero-order chi connectivity index (χ0) is 14.4. The van der Waals surface area contributed by atoms with Crippen LogP contribution in [0.3, 0.4) is 0 Å². The third kappa shape index (κ3) is 4.92. The number of carbonyl (C=O) groups excluding carboxylic acids is 1. The summed E-state index contributed by atoms with van der Waals surface area (Å²) in [5.41, 5.74) is 2.17. The lowest BCUT2D eigenvalue weighted by Gasteiger charge is -2.12. The summed E-state index contributed by atoms with van der Waals surface area (Å²) >= 11 is 1.35. The second-order valence-electron chi connectivity index (χ2n) is 4.20. The van der Waals surface area contributed by atoms with Gasteiger partial charge in [0, 0.05) is 4.90 Å². The monoisotopic (exact) mass is 283 g/mol. The van der Waals surface area contributed by atoms with E-state index in [1.165, 1.54) is 11.8 Å². The van der Waals surface area contributed by atoms with Gasteiger partial charge in [-0.05, 0) is 25.5 Å². The molecule has 0 radical (unpaired) electrons. The molecule has 1 aromatic carbocycles. The highest BCUT2D eigenvalue weighted by atomic mass is 32.2. The number of rotatable bonds is 6. The van der Waals surface area contributed by atoms with Gasteiger partial charge in [0.15, 0.2) is 0 Å². The van der Waals surface area contributed by atoms with Gasteiger partial charge in [-0.25, -0.2) is 4.79 Å². The molecule has 0 aliphatic rings. The number of carbonyl (C=O) groups is 2. The van der Waals surface area contributed by atoms with Crippen LogP contribution in [0.15, 0.2) is 23.1 Å². The molecule has 0 aliphatic carbocycles. The van der Waals surface area contributed by atoms with Crippen LogP contribution in [0.4, 0.5) is 0 Å². The summed E-state index contributed by atoms with van der Waals surface area (Å²) in [6, 6.07) is 4.70. The molecule has 0 fully saturated rings. The zero-order valence-corrected chi connectivity index (χ0v) is 11.7. The highest BCUT2D eigenvalue weighted by Gasteiger charge is 2.18. The molecular weight excluding hydrogens is 266 g/mol. The van der Waals surface area contributed by atoms with Gasteiger partial charge in [-0.2, -0.15) is 0 Å². The number of carboxylic acid groups (broad SMARTS) is 1. The van der Waals surface area contributed by atoms with E-state index >= 15 is 0 Å². The molecule has 104 valence electrons. The maximum Gasteiger partial charge on any atom is 0.328 e. The minimum atomic E-state index is -1.24. The molecule has 0 unspecified atom stereocenters. The van der Waals surface area contributed by atoms with E-state index in [1.54, 1.807) is 0 Å². The van der Waals surface area contributed by atoms with Crippen LogP contribution in [-0.4, -0.2) is 40.5 Å². The van der Waals surface area contributed by atoms with Gasteiger partial charge in [0.25, 0.3) is 0 Å². The number of thioether (sulfide) groups is 1. The number of hydrogen-bond donors (Lipinski definition) is 3. The van der Waals surface area contributed by atoms with Crippen LogP contribution in [0.5, 0.6) is 0 Å². The average Bonchev–Trinajstić information content (AvgIpc) is 2.36. The van der Waals surface area contributed by atoms with E-state index in [-0.39, 0.29) is 5.75 Å². The van der Waals surface area contributed by atoms with Crippen molar-refractivity contribution in [1.29, 1.82) is 0 Å². The maximum absolute atomic E-state index is 11.6. The molecule has 1 rings (SSSR count). The molecular formula is C13H17NO4S. The van der Waals surface area contributed by atoms with Gasteiger partial charge in [0.05, 0.1) is 12.4 Å². The van der Waals surface area contributed by atoms with Gasteiger partial charge in [-0.3, -0.25) is 4.79 Å². The summed E-state index contributed by atoms with van der Waals surface area (Å²) in [5.74, 6) is -1.53. The van der Waals surface area contributed by atoms with Gasteiger partial charge >= 0.3 is 5.97 Å². The lowest BCUT2D eigenvalue weighted by molar-refractivity contribution is -0.142. The summed E-state index contributed by atoms with van der Waals surface area (Å²) in [5, 5.41) is 19.8. The van der Waals surface area contributed by atoms with Crippen LogP contribution in [0.1, 0.15) is 11.1 Å². The SMILES string of the molecule is Cc1ccc(C)c(SCC(=O)N[C@H](CO)C(=O)O)c1. The minimum absolute atomic E-state index is 0.119. The third-order valence-corrected chi connectivity index (χ3v) is 3.68. The fourth-order valence-electron chi connectivity index (χ4n) is 1.43. The number of nitrogens with one attached hydrogen (secondary N) is 1. The van der Waals surface area contributed by atoms with Gasteiger partial charge in [-0.1, -0.05) is 17.7 Å². The van der Waals surface area contributed by atoms with E-state index in [4.69, 9.17) is 10.2 Å². The van der Waals surface area contributed by atoms with Crippen LogP contribution in [0, 0.1) is 13.8 Å². The minimum Gasteiger partial charge on any atom is -0.480 e. The Balaban J connectivity index is 2.54. The van der Waals surface area contributed by atoms with Crippen molar-refractivity contribution in [2.24, 2.45) is 0 Å². The molecule has 3 N–H and O–H groups in total. The normalized spacial score (nSPS) is 11.9. The molecule has 0 aromatic heterocycles. The number of hydrogen-bond acceptors (Lipinski definition) is 4. The van der Waals surface area contributed by atoms with E-state index in [2.05, 4.69) is 5.32 Å². The van der Waals surface area contributed by atoms with Crippen molar-refractivity contribution < 1.29 is 19.8 Å². The molecule has 0 bridgehead atoms. The van der Waals surface area contributed by atoms with Crippen molar-refractivity contribution in [2.75, 3.05) is 12.4 Å². The van der Waals surface area contributed by atoms with E-state index < -0.39 is 24.5 Å². The molecule has 6 heteroatoms. The Morgan fingerprint density at radius 1 is 1.37 bits per heavy atom. The molecule has 19 heavy (non-hydrogen) atoms. The van der Waals surface area contributed by atoms with Crippen molar-refractivity contribution in [3.05, 3.63) is 29.3 Å². The van der Waals surface area contributed by atoms with Gasteiger partial charge in [0.2, 0.25) is 5.91 Å². The van der Waals surface area contributed by atoms with Crippen molar-refractivity contribution in [3.63, 3.8) is 0 Å². The van der Waals surface area contributed by atoms with Crippen molar-refractivity contribution in [2.45, 2.75) is 24.8 Å². The van der Waals surface area contributed by atoms with Gasteiger partial charge in [0.1, 0.15) is 6.04 Å². The second-order valence-corrected chi connectivity index (χ2v) is 5.22. The first-order valence-corrected chi connectivity index (χ1v) is 6.75. The number of benzene rings is 1. The molecule has 0 spiro atoms. The first kappa shape index (κ1) is 15.5. The first-order valence-electron chi connectivity index (χ1n) is 5.77. The Morgan fingerprint density at radius 3 is 2.63 bits per heavy atom. The standard InChI is InChI=1S/C13H17NO4S/c1-8-3-4-9(2)11(5-8)19-7-12(16)14-10(6-15)13(17)18/h3-5,10,15H,6-7H2,1-2H3,(H,14,16)(H,17,18)/t10-/m1/s1. The molecule has 5 nitrogen and oxygen atoms in total. The molecule has 0 heterocycles. The topological polar surface area (TPSA) is 86.6 Å². The van der Waals surface area contributed by atoms with Crippen LogP contribution >= 0.6 is 11.8 Å². The Bertz CT molecular complexity index is 476. The van der Waals surface area contributed by atoms with Crippen LogP contribution < -0.4 is 5.32 Å². The quantitative estimate of drug-likeness (QED) is 0.677. The fraction of sp³-hybridized carbons (Fsp3) is 0.385. The number of aliphatic hydroxyl groups is 1. The Morgan fingerprint density at radius 2 is 2.05 bits per heavy atom. The Hall–Kier alpha value is -1.53. The second kappa shape index (κ2) is 7.16. The molecule has 0 saturated carbocycles. The number of aryl methyl sites for hydroxylation is 2. The van der Waals surface area contributed by atoms with E-state index in [9.17, 15) is 9.59 Å². The van der Waals surface area contributed by atoms with Crippen LogP contribution in [0.2, 0.25) is 0 Å². The molecule has 0 saturated heterocycles. The molecule has 1 atom stereocenters. The maximum atomic E-state index is 11.6. The predicted octanol–water partition coefficient (Wildman–Crippen LogP) is 0.957. The highest BCUT2D eigenvalue weighted by molar-refractivity contribution is 8.00. The van der Waals surface area contributed by atoms with Crippen molar-refractivity contribution in [1.82, 2.24) is 5.32 Å². The smallest absolute Gasteiger partial charge is 0.328 e. The average molecular weight is 283 g/mol. The number of aliphatic hydroxyl groups excluding tert-OH is 1. The Kier molecular flexibility index (Phi) is 5.85. The summed E-state index contributed by atoms with van der Waals surface area (Å²) < 4.78 is 0. The lowest BCUT2D eigenvalue weighted by atomic mass is 10.2. The summed E-state index contributed by atoms with van der Waals surface area (Å²) in [7, 11) is 0. The summed E-state index contributed by atoms with van der Waals surface area (Å²) in [6.45, 7) is 3.30. The molecule has 1 amide bonds. The van der Waals surface area contributed by atoms with E-state index in [0.717, 1.165) is 16.0 Å². The Labute approximate surface area is 116 Å². The van der Waals surface area contributed by atoms with Gasteiger partial charge in [-0.15, -0.1) is 11.8 Å². The van der Waals surface area contributed by atoms with E-state index in [1.807, 2.05) is 32.0 Å². The van der Waals surface area contributed by atoms with Crippen molar-refractivity contribution >= 4 is 23.6 Å². The molecule has 0 aliphatic heterocycles. The zero-order valence-electron chi connectivity index (χ0n) is 10.8. The largest absolute Gasteiger partial charge is 0.480 e. The fourth-order valence-corrected chi connectivity index (χ4v) is 2.36. The van der Waals surface area contributed by atoms with Gasteiger partial charge < -0.3 is 15.5 Å². The number of amides is 1. The lowest BCUT2D eigenvalue weighted by Crippen LogP contribution is -2.44. The third-order valence-electron chi connectivity index (χ3n) is 2.52. The van der Waals surface area contributed by atoms with Crippen molar-refractivity contribution in [3.8, 4) is 0 Å². The summed E-state index contributed by atoms with van der Waals surface area (Å²) in [6.07, 6.45) is 0.